The van der Waals surface area contributed by atoms with Crippen LogP contribution in [0.25, 0.3) is 0 Å². The van der Waals surface area contributed by atoms with Gasteiger partial charge in [0.1, 0.15) is 0 Å². The SMILES string of the molecule is COC(=O)c1ccc2c(c1)NC(c1ccc3c(c1)OCO3)c1cccc3c1N2CC3. The topological polar surface area (TPSA) is 60.0 Å². The number of nitrogens with one attached hydrogen (secondary N) is 1. The fourth-order valence-electron chi connectivity index (χ4n) is 4.68. The number of esters is 1. The number of fused-ring (bicyclic) bond motifs is 3. The number of nitrogens with zero attached hydrogens (tertiary/aromatic N) is 1. The Hall–Kier alpha value is -3.67. The Balaban J connectivity index is 1.55. The minimum Gasteiger partial charge on any atom is -0.465 e. The highest BCUT2D eigenvalue weighted by Gasteiger charge is 2.33. The summed E-state index contributed by atoms with van der Waals surface area (Å²) >= 11 is 0. The van der Waals surface area contributed by atoms with Crippen LogP contribution in [0.1, 0.15) is 33.1 Å². The fourth-order valence-corrected chi connectivity index (χ4v) is 4.68. The lowest BCUT2D eigenvalue weighted by atomic mass is 9.95. The maximum atomic E-state index is 12.2. The Kier molecular flexibility index (Phi) is 3.68. The average molecular weight is 400 g/mol. The van der Waals surface area contributed by atoms with Gasteiger partial charge in [0, 0.05) is 12.1 Å². The molecule has 6 nitrogen and oxygen atoms in total. The molecule has 6 rings (SSSR count). The molecule has 30 heavy (non-hydrogen) atoms. The lowest BCUT2D eigenvalue weighted by Crippen LogP contribution is -2.14. The van der Waals surface area contributed by atoms with Crippen molar-refractivity contribution in [3.63, 3.8) is 0 Å². The molecule has 1 unspecified atom stereocenters. The molecule has 0 fully saturated rings. The summed E-state index contributed by atoms with van der Waals surface area (Å²) in [6.45, 7) is 1.16. The molecule has 3 heterocycles. The summed E-state index contributed by atoms with van der Waals surface area (Å²) in [5.74, 6) is 1.18. The zero-order valence-electron chi connectivity index (χ0n) is 16.5. The van der Waals surface area contributed by atoms with Gasteiger partial charge in [-0.1, -0.05) is 24.3 Å². The molecule has 1 N–H and O–H groups in total. The van der Waals surface area contributed by atoms with Gasteiger partial charge < -0.3 is 24.4 Å². The molecule has 0 aromatic heterocycles. The van der Waals surface area contributed by atoms with Gasteiger partial charge in [-0.15, -0.1) is 0 Å². The minimum atomic E-state index is -0.344. The van der Waals surface area contributed by atoms with E-state index in [0.717, 1.165) is 41.4 Å². The molecule has 6 heteroatoms. The van der Waals surface area contributed by atoms with Gasteiger partial charge in [-0.3, -0.25) is 0 Å². The molecule has 0 saturated carbocycles. The summed E-state index contributed by atoms with van der Waals surface area (Å²) in [7, 11) is 1.40. The first kappa shape index (κ1) is 17.2. The number of methoxy groups -OCH3 is 1. The normalized spacial score (nSPS) is 17.6. The molecule has 150 valence electrons. The maximum Gasteiger partial charge on any atom is 0.337 e. The Labute approximate surface area is 174 Å². The summed E-state index contributed by atoms with van der Waals surface area (Å²) in [6, 6.07) is 18.2. The number of rotatable bonds is 2. The molecule has 0 bridgehead atoms. The van der Waals surface area contributed by atoms with Crippen LogP contribution in [0.2, 0.25) is 0 Å². The highest BCUT2D eigenvalue weighted by Crippen LogP contribution is 2.49. The zero-order valence-corrected chi connectivity index (χ0v) is 16.5. The molecular weight excluding hydrogens is 380 g/mol. The van der Waals surface area contributed by atoms with Crippen LogP contribution in [0.5, 0.6) is 11.5 Å². The van der Waals surface area contributed by atoms with E-state index in [4.69, 9.17) is 14.2 Å². The quantitative estimate of drug-likeness (QED) is 0.643. The smallest absolute Gasteiger partial charge is 0.337 e. The largest absolute Gasteiger partial charge is 0.465 e. The third kappa shape index (κ3) is 2.46. The molecule has 0 aliphatic carbocycles. The maximum absolute atomic E-state index is 12.2. The molecule has 3 aromatic carbocycles. The van der Waals surface area contributed by atoms with Crippen molar-refractivity contribution in [2.75, 3.05) is 30.7 Å². The molecule has 3 aromatic rings. The van der Waals surface area contributed by atoms with E-state index in [-0.39, 0.29) is 18.8 Å². The summed E-state index contributed by atoms with van der Waals surface area (Å²) in [5.41, 5.74) is 7.37. The van der Waals surface area contributed by atoms with Crippen LogP contribution in [0.4, 0.5) is 17.1 Å². The van der Waals surface area contributed by atoms with E-state index in [1.54, 1.807) is 0 Å². The van der Waals surface area contributed by atoms with Gasteiger partial charge in [0.2, 0.25) is 6.79 Å². The second kappa shape index (κ2) is 6.42. The van der Waals surface area contributed by atoms with Gasteiger partial charge in [-0.05, 0) is 47.9 Å². The lowest BCUT2D eigenvalue weighted by Gasteiger charge is -2.22. The Morgan fingerprint density at radius 1 is 1.10 bits per heavy atom. The van der Waals surface area contributed by atoms with Crippen molar-refractivity contribution in [1.82, 2.24) is 0 Å². The van der Waals surface area contributed by atoms with Crippen LogP contribution in [0.15, 0.2) is 54.6 Å². The van der Waals surface area contributed by atoms with Crippen LogP contribution < -0.4 is 19.7 Å². The van der Waals surface area contributed by atoms with Crippen LogP contribution in [0, 0.1) is 0 Å². The molecule has 3 aliphatic heterocycles. The Bertz CT molecular complexity index is 1190. The van der Waals surface area contributed by atoms with Crippen LogP contribution >= 0.6 is 0 Å². The van der Waals surface area contributed by atoms with E-state index in [9.17, 15) is 4.79 Å². The first-order valence-corrected chi connectivity index (χ1v) is 10.0. The Morgan fingerprint density at radius 3 is 2.90 bits per heavy atom. The lowest BCUT2D eigenvalue weighted by molar-refractivity contribution is 0.0601. The number of hydrogen-bond acceptors (Lipinski definition) is 6. The van der Waals surface area contributed by atoms with Crippen molar-refractivity contribution >= 4 is 23.0 Å². The number of benzene rings is 3. The third-order valence-electron chi connectivity index (χ3n) is 6.07. The second-order valence-electron chi connectivity index (χ2n) is 7.67. The van der Waals surface area contributed by atoms with Crippen LogP contribution in [0.3, 0.4) is 0 Å². The molecule has 0 spiro atoms. The Morgan fingerprint density at radius 2 is 2.00 bits per heavy atom. The summed E-state index contributed by atoms with van der Waals surface area (Å²) in [6.07, 6.45) is 0.995. The minimum absolute atomic E-state index is 0.0933. The first-order valence-electron chi connectivity index (χ1n) is 10.0. The second-order valence-corrected chi connectivity index (χ2v) is 7.67. The molecule has 0 saturated heterocycles. The molecule has 0 radical (unpaired) electrons. The third-order valence-corrected chi connectivity index (χ3v) is 6.07. The summed E-state index contributed by atoms with van der Waals surface area (Å²) in [4.78, 5) is 14.5. The molecule has 0 amide bonds. The number of hydrogen-bond donors (Lipinski definition) is 1. The van der Waals surface area contributed by atoms with Gasteiger partial charge in [-0.25, -0.2) is 4.79 Å². The average Bonchev–Trinajstić information content (AvgIpc) is 3.40. The van der Waals surface area contributed by atoms with Gasteiger partial charge in [0.25, 0.3) is 0 Å². The van der Waals surface area contributed by atoms with E-state index < -0.39 is 0 Å². The number of anilines is 3. The van der Waals surface area contributed by atoms with Crippen molar-refractivity contribution in [2.45, 2.75) is 12.5 Å². The number of carbonyl (C=O) groups excluding carboxylic acids is 1. The van der Waals surface area contributed by atoms with Crippen molar-refractivity contribution in [2.24, 2.45) is 0 Å². The molecular formula is C24H20N2O4. The first-order chi connectivity index (χ1) is 14.7. The van der Waals surface area contributed by atoms with Crippen molar-refractivity contribution in [3.05, 3.63) is 76.9 Å². The van der Waals surface area contributed by atoms with Gasteiger partial charge in [0.15, 0.2) is 11.5 Å². The van der Waals surface area contributed by atoms with Crippen molar-refractivity contribution in [3.8, 4) is 11.5 Å². The van der Waals surface area contributed by atoms with Gasteiger partial charge in [0.05, 0.1) is 35.8 Å². The highest BCUT2D eigenvalue weighted by atomic mass is 16.7. The van der Waals surface area contributed by atoms with Gasteiger partial charge in [-0.2, -0.15) is 0 Å². The van der Waals surface area contributed by atoms with Crippen LogP contribution in [-0.4, -0.2) is 26.4 Å². The standard InChI is InChI=1S/C24H20N2O4/c1-28-24(27)16-5-7-19-18(11-16)25-22(15-6-8-20-21(12-15)30-13-29-20)17-4-2-3-14-9-10-26(19)23(14)17/h2-8,11-12,22,25H,9-10,13H2,1H3. The highest BCUT2D eigenvalue weighted by molar-refractivity contribution is 5.94. The zero-order chi connectivity index (χ0) is 20.2. The number of para-hydroxylation sites is 1. The van der Waals surface area contributed by atoms with E-state index in [1.807, 2.05) is 30.3 Å². The van der Waals surface area contributed by atoms with E-state index in [1.165, 1.54) is 23.9 Å². The fraction of sp³-hybridized carbons (Fsp3) is 0.208. The summed E-state index contributed by atoms with van der Waals surface area (Å²) < 4.78 is 16.0. The number of carbonyl (C=O) groups is 1. The number of ether oxygens (including phenoxy) is 3. The van der Waals surface area contributed by atoms with Crippen molar-refractivity contribution in [1.29, 1.82) is 0 Å². The van der Waals surface area contributed by atoms with E-state index in [2.05, 4.69) is 34.5 Å². The predicted molar refractivity (Wildman–Crippen MR) is 113 cm³/mol. The van der Waals surface area contributed by atoms with E-state index in [0.29, 0.717) is 5.56 Å². The van der Waals surface area contributed by atoms with Crippen LogP contribution in [-0.2, 0) is 11.2 Å². The molecule has 3 aliphatic rings. The van der Waals surface area contributed by atoms with Crippen molar-refractivity contribution < 1.29 is 19.0 Å². The summed E-state index contributed by atoms with van der Waals surface area (Å²) in [5, 5.41) is 3.69. The van der Waals surface area contributed by atoms with Gasteiger partial charge >= 0.3 is 5.97 Å². The monoisotopic (exact) mass is 400 g/mol. The predicted octanol–water partition coefficient (Wildman–Crippen LogP) is 4.41. The van der Waals surface area contributed by atoms with E-state index >= 15 is 0 Å². The molecule has 1 atom stereocenters.